The Kier molecular flexibility index (Phi) is 3.81. The van der Waals surface area contributed by atoms with E-state index in [-0.39, 0.29) is 0 Å². The molecule has 4 nitrogen and oxygen atoms in total. The SMILES string of the molecule is CCn1c(COc2ccccc2Cl)n[nH]c1=S. The van der Waals surface area contributed by atoms with Crippen molar-refractivity contribution in [3.05, 3.63) is 39.9 Å². The smallest absolute Gasteiger partial charge is 0.195 e. The van der Waals surface area contributed by atoms with Crippen LogP contribution in [0.4, 0.5) is 0 Å². The average molecular weight is 270 g/mol. The molecule has 0 spiro atoms. The first-order chi connectivity index (χ1) is 8.22. The van der Waals surface area contributed by atoms with Crippen molar-refractivity contribution < 1.29 is 4.74 Å². The summed E-state index contributed by atoms with van der Waals surface area (Å²) in [7, 11) is 0. The van der Waals surface area contributed by atoms with E-state index in [1.54, 1.807) is 6.07 Å². The van der Waals surface area contributed by atoms with Crippen LogP contribution in [0.3, 0.4) is 0 Å². The van der Waals surface area contributed by atoms with Gasteiger partial charge in [-0.1, -0.05) is 23.7 Å². The Hall–Kier alpha value is -1.33. The topological polar surface area (TPSA) is 42.8 Å². The van der Waals surface area contributed by atoms with E-state index < -0.39 is 0 Å². The van der Waals surface area contributed by atoms with Gasteiger partial charge in [0.2, 0.25) is 0 Å². The van der Waals surface area contributed by atoms with E-state index in [0.717, 1.165) is 12.4 Å². The van der Waals surface area contributed by atoms with Crippen LogP contribution >= 0.6 is 23.8 Å². The zero-order chi connectivity index (χ0) is 12.3. The third-order valence-corrected chi connectivity index (χ3v) is 2.97. The monoisotopic (exact) mass is 269 g/mol. The van der Waals surface area contributed by atoms with Gasteiger partial charge < -0.3 is 9.30 Å². The molecule has 1 aromatic heterocycles. The molecule has 6 heteroatoms. The maximum atomic E-state index is 5.99. The number of halogens is 1. The Bertz CT molecular complexity index is 564. The highest BCUT2D eigenvalue weighted by Crippen LogP contribution is 2.23. The summed E-state index contributed by atoms with van der Waals surface area (Å²) in [6, 6.07) is 7.34. The van der Waals surface area contributed by atoms with E-state index >= 15 is 0 Å². The summed E-state index contributed by atoms with van der Waals surface area (Å²) in [5.74, 6) is 1.41. The van der Waals surface area contributed by atoms with E-state index in [9.17, 15) is 0 Å². The minimum absolute atomic E-state index is 0.338. The standard InChI is InChI=1S/C11H12ClN3OS/c1-2-15-10(13-14-11(15)17)7-16-9-6-4-3-5-8(9)12/h3-6H,2,7H2,1H3,(H,14,17). The number of aromatic amines is 1. The zero-order valence-corrected chi connectivity index (χ0v) is 10.9. The number of ether oxygens (including phenoxy) is 1. The lowest BCUT2D eigenvalue weighted by molar-refractivity contribution is 0.289. The molecule has 1 aromatic carbocycles. The Balaban J connectivity index is 2.13. The summed E-state index contributed by atoms with van der Waals surface area (Å²) in [5.41, 5.74) is 0. The lowest BCUT2D eigenvalue weighted by atomic mass is 10.3. The summed E-state index contributed by atoms with van der Waals surface area (Å²) < 4.78 is 8.08. The maximum Gasteiger partial charge on any atom is 0.195 e. The second-order valence-corrected chi connectivity index (χ2v) is 4.20. The average Bonchev–Trinajstić information content (AvgIpc) is 2.69. The predicted molar refractivity (Wildman–Crippen MR) is 68.9 cm³/mol. The highest BCUT2D eigenvalue weighted by molar-refractivity contribution is 7.71. The van der Waals surface area contributed by atoms with Crippen LogP contribution in [0.25, 0.3) is 0 Å². The third-order valence-electron chi connectivity index (χ3n) is 2.35. The fourth-order valence-electron chi connectivity index (χ4n) is 1.49. The number of aromatic nitrogens is 3. The van der Waals surface area contributed by atoms with Crippen LogP contribution in [0.2, 0.25) is 5.02 Å². The third kappa shape index (κ3) is 2.68. The van der Waals surface area contributed by atoms with Crippen LogP contribution in [0.1, 0.15) is 12.7 Å². The minimum atomic E-state index is 0.338. The molecule has 0 aliphatic rings. The second-order valence-electron chi connectivity index (χ2n) is 3.41. The van der Waals surface area contributed by atoms with Crippen molar-refractivity contribution in [2.45, 2.75) is 20.1 Å². The fourth-order valence-corrected chi connectivity index (χ4v) is 1.96. The van der Waals surface area contributed by atoms with Crippen LogP contribution in [0, 0.1) is 4.77 Å². The number of nitrogens with one attached hydrogen (secondary N) is 1. The normalized spacial score (nSPS) is 10.5. The molecule has 1 heterocycles. The molecule has 0 saturated carbocycles. The molecule has 0 aliphatic heterocycles. The Morgan fingerprint density at radius 2 is 2.24 bits per heavy atom. The number of hydrogen-bond donors (Lipinski definition) is 1. The molecule has 0 amide bonds. The van der Waals surface area contributed by atoms with Crippen molar-refractivity contribution in [2.24, 2.45) is 0 Å². The Labute approximate surface area is 109 Å². The molecule has 90 valence electrons. The molecule has 0 atom stereocenters. The minimum Gasteiger partial charge on any atom is -0.484 e. The number of rotatable bonds is 4. The van der Waals surface area contributed by atoms with Gasteiger partial charge in [0.25, 0.3) is 0 Å². The molecule has 0 unspecified atom stereocenters. The first-order valence-corrected chi connectivity index (χ1v) is 6.02. The van der Waals surface area contributed by atoms with E-state index in [0.29, 0.717) is 22.2 Å². The van der Waals surface area contributed by atoms with Gasteiger partial charge in [-0.25, -0.2) is 0 Å². The number of H-pyrrole nitrogens is 1. The molecule has 2 aromatic rings. The van der Waals surface area contributed by atoms with Crippen molar-refractivity contribution in [3.63, 3.8) is 0 Å². The molecule has 1 N–H and O–H groups in total. The predicted octanol–water partition coefficient (Wildman–Crippen LogP) is 3.19. The molecule has 0 bridgehead atoms. The summed E-state index contributed by atoms with van der Waals surface area (Å²) in [5, 5.41) is 7.44. The highest BCUT2D eigenvalue weighted by atomic mass is 35.5. The lowest BCUT2D eigenvalue weighted by Gasteiger charge is -2.07. The van der Waals surface area contributed by atoms with Crippen molar-refractivity contribution in [3.8, 4) is 5.75 Å². The van der Waals surface area contributed by atoms with E-state index in [1.165, 1.54) is 0 Å². The number of hydrogen-bond acceptors (Lipinski definition) is 3. The molecular formula is C11H12ClN3OS. The first kappa shape index (κ1) is 12.1. The van der Waals surface area contributed by atoms with E-state index in [1.807, 2.05) is 29.7 Å². The van der Waals surface area contributed by atoms with Crippen molar-refractivity contribution in [1.82, 2.24) is 14.8 Å². The molecular weight excluding hydrogens is 258 g/mol. The molecule has 2 rings (SSSR count). The summed E-state index contributed by atoms with van der Waals surface area (Å²) in [6.07, 6.45) is 0. The van der Waals surface area contributed by atoms with Gasteiger partial charge in [-0.15, -0.1) is 0 Å². The maximum absolute atomic E-state index is 5.99. The Morgan fingerprint density at radius 3 is 2.94 bits per heavy atom. The van der Waals surface area contributed by atoms with Crippen LogP contribution in [-0.2, 0) is 13.2 Å². The summed E-state index contributed by atoms with van der Waals surface area (Å²) in [6.45, 7) is 3.10. The second kappa shape index (κ2) is 5.33. The van der Waals surface area contributed by atoms with Gasteiger partial charge in [-0.3, -0.25) is 5.10 Å². The zero-order valence-electron chi connectivity index (χ0n) is 9.31. The van der Waals surface area contributed by atoms with Gasteiger partial charge in [0, 0.05) is 6.54 Å². The van der Waals surface area contributed by atoms with Crippen molar-refractivity contribution in [2.75, 3.05) is 0 Å². The lowest BCUT2D eigenvalue weighted by Crippen LogP contribution is -2.06. The van der Waals surface area contributed by atoms with Crippen LogP contribution in [0.5, 0.6) is 5.75 Å². The van der Waals surface area contributed by atoms with Crippen LogP contribution < -0.4 is 4.74 Å². The van der Waals surface area contributed by atoms with Gasteiger partial charge in [0.1, 0.15) is 12.4 Å². The van der Waals surface area contributed by atoms with E-state index in [2.05, 4.69) is 10.2 Å². The van der Waals surface area contributed by atoms with Gasteiger partial charge in [0.05, 0.1) is 5.02 Å². The van der Waals surface area contributed by atoms with Crippen molar-refractivity contribution >= 4 is 23.8 Å². The molecule has 0 saturated heterocycles. The highest BCUT2D eigenvalue weighted by Gasteiger charge is 2.06. The van der Waals surface area contributed by atoms with Gasteiger partial charge in [0.15, 0.2) is 10.6 Å². The number of benzene rings is 1. The molecule has 0 fully saturated rings. The Morgan fingerprint density at radius 1 is 1.47 bits per heavy atom. The van der Waals surface area contributed by atoms with Gasteiger partial charge >= 0.3 is 0 Å². The van der Waals surface area contributed by atoms with Crippen LogP contribution in [0.15, 0.2) is 24.3 Å². The van der Waals surface area contributed by atoms with E-state index in [4.69, 9.17) is 28.6 Å². The number of para-hydroxylation sites is 1. The quantitative estimate of drug-likeness (QED) is 0.867. The summed E-state index contributed by atoms with van der Waals surface area (Å²) in [4.78, 5) is 0. The van der Waals surface area contributed by atoms with Crippen LogP contribution in [-0.4, -0.2) is 14.8 Å². The van der Waals surface area contributed by atoms with Crippen molar-refractivity contribution in [1.29, 1.82) is 0 Å². The largest absolute Gasteiger partial charge is 0.484 e. The number of nitrogens with zero attached hydrogens (tertiary/aromatic N) is 2. The van der Waals surface area contributed by atoms with Gasteiger partial charge in [-0.05, 0) is 31.3 Å². The summed E-state index contributed by atoms with van der Waals surface area (Å²) >= 11 is 11.1. The molecule has 0 radical (unpaired) electrons. The molecule has 17 heavy (non-hydrogen) atoms. The fraction of sp³-hybridized carbons (Fsp3) is 0.273. The van der Waals surface area contributed by atoms with Gasteiger partial charge in [-0.2, -0.15) is 5.10 Å². The first-order valence-electron chi connectivity index (χ1n) is 5.23. The molecule has 0 aliphatic carbocycles.